The molecule has 25 heavy (non-hydrogen) atoms. The second-order valence-corrected chi connectivity index (χ2v) is 8.06. The third-order valence-electron chi connectivity index (χ3n) is 4.08. The van der Waals surface area contributed by atoms with Gasteiger partial charge in [0.1, 0.15) is 0 Å². The second kappa shape index (κ2) is 7.37. The van der Waals surface area contributed by atoms with Gasteiger partial charge in [-0.15, -0.1) is 0 Å². The van der Waals surface area contributed by atoms with Gasteiger partial charge in [-0.1, -0.05) is 97.4 Å². The van der Waals surface area contributed by atoms with Crippen LogP contribution in [0.5, 0.6) is 0 Å². The SMILES string of the molecule is CC(C)(C)c1cc(Br)cc(N=C(c2ccccc2)c2ccccc2)c1. The lowest BCUT2D eigenvalue weighted by atomic mass is 9.87. The summed E-state index contributed by atoms with van der Waals surface area (Å²) in [6.45, 7) is 6.66. The summed E-state index contributed by atoms with van der Waals surface area (Å²) in [5, 5.41) is 0. The highest BCUT2D eigenvalue weighted by atomic mass is 79.9. The first-order valence-electron chi connectivity index (χ1n) is 8.44. The monoisotopic (exact) mass is 391 g/mol. The smallest absolute Gasteiger partial charge is 0.0781 e. The van der Waals surface area contributed by atoms with Crippen LogP contribution in [0.2, 0.25) is 0 Å². The molecule has 0 amide bonds. The number of nitrogens with zero attached hydrogens (tertiary/aromatic N) is 1. The molecule has 0 aliphatic rings. The molecular formula is C23H22BrN. The van der Waals surface area contributed by atoms with Gasteiger partial charge in [0.2, 0.25) is 0 Å². The molecule has 0 saturated carbocycles. The van der Waals surface area contributed by atoms with Gasteiger partial charge in [0, 0.05) is 15.6 Å². The fraction of sp³-hybridized carbons (Fsp3) is 0.174. The van der Waals surface area contributed by atoms with Crippen molar-refractivity contribution in [2.24, 2.45) is 4.99 Å². The summed E-state index contributed by atoms with van der Waals surface area (Å²) in [5.41, 5.74) is 5.52. The van der Waals surface area contributed by atoms with E-state index in [-0.39, 0.29) is 5.41 Å². The van der Waals surface area contributed by atoms with Crippen molar-refractivity contribution in [3.05, 3.63) is 100 Å². The summed E-state index contributed by atoms with van der Waals surface area (Å²) >= 11 is 3.64. The predicted octanol–water partition coefficient (Wildman–Crippen LogP) is 6.92. The van der Waals surface area contributed by atoms with Crippen molar-refractivity contribution in [3.8, 4) is 0 Å². The van der Waals surface area contributed by atoms with Crippen LogP contribution in [-0.4, -0.2) is 5.71 Å². The van der Waals surface area contributed by atoms with Crippen LogP contribution in [0.4, 0.5) is 5.69 Å². The van der Waals surface area contributed by atoms with E-state index in [1.807, 2.05) is 12.1 Å². The van der Waals surface area contributed by atoms with Gasteiger partial charge in [-0.3, -0.25) is 0 Å². The van der Waals surface area contributed by atoms with Gasteiger partial charge in [-0.2, -0.15) is 0 Å². The Morgan fingerprint density at radius 2 is 1.28 bits per heavy atom. The molecule has 3 rings (SSSR count). The van der Waals surface area contributed by atoms with E-state index in [0.29, 0.717) is 0 Å². The average molecular weight is 392 g/mol. The van der Waals surface area contributed by atoms with E-state index < -0.39 is 0 Å². The van der Waals surface area contributed by atoms with Crippen molar-refractivity contribution in [2.75, 3.05) is 0 Å². The third-order valence-corrected chi connectivity index (χ3v) is 4.54. The molecule has 1 nitrogen and oxygen atoms in total. The minimum Gasteiger partial charge on any atom is -0.248 e. The van der Waals surface area contributed by atoms with Gasteiger partial charge in [0.05, 0.1) is 11.4 Å². The van der Waals surface area contributed by atoms with Gasteiger partial charge >= 0.3 is 0 Å². The van der Waals surface area contributed by atoms with Crippen LogP contribution in [-0.2, 0) is 5.41 Å². The molecule has 0 fully saturated rings. The molecule has 0 spiro atoms. The Morgan fingerprint density at radius 1 is 0.760 bits per heavy atom. The first-order chi connectivity index (χ1) is 11.9. The first-order valence-corrected chi connectivity index (χ1v) is 9.23. The van der Waals surface area contributed by atoms with E-state index in [4.69, 9.17) is 4.99 Å². The van der Waals surface area contributed by atoms with E-state index in [1.165, 1.54) is 5.56 Å². The van der Waals surface area contributed by atoms with Crippen molar-refractivity contribution in [3.63, 3.8) is 0 Å². The molecule has 0 aliphatic heterocycles. The third kappa shape index (κ3) is 4.46. The number of aliphatic imine (C=N–C) groups is 1. The Labute approximate surface area is 158 Å². The molecule has 2 heteroatoms. The Balaban J connectivity index is 2.16. The average Bonchev–Trinajstić information content (AvgIpc) is 2.60. The number of hydrogen-bond donors (Lipinski definition) is 0. The van der Waals surface area contributed by atoms with Crippen LogP contribution in [0.15, 0.2) is 88.3 Å². The number of rotatable bonds is 3. The lowest BCUT2D eigenvalue weighted by Gasteiger charge is -2.20. The molecule has 0 atom stereocenters. The van der Waals surface area contributed by atoms with Gasteiger partial charge < -0.3 is 0 Å². The Morgan fingerprint density at radius 3 is 1.76 bits per heavy atom. The zero-order valence-electron chi connectivity index (χ0n) is 14.8. The summed E-state index contributed by atoms with van der Waals surface area (Å²) in [5.74, 6) is 0. The minimum absolute atomic E-state index is 0.0771. The van der Waals surface area contributed by atoms with E-state index >= 15 is 0 Å². The first kappa shape index (κ1) is 17.6. The topological polar surface area (TPSA) is 12.4 Å². The van der Waals surface area contributed by atoms with Crippen molar-refractivity contribution in [1.82, 2.24) is 0 Å². The van der Waals surface area contributed by atoms with Crippen molar-refractivity contribution < 1.29 is 0 Å². The summed E-state index contributed by atoms with van der Waals surface area (Å²) in [7, 11) is 0. The van der Waals surface area contributed by atoms with E-state index in [0.717, 1.165) is 27.0 Å². The Hall–Kier alpha value is -2.19. The Kier molecular flexibility index (Phi) is 5.19. The lowest BCUT2D eigenvalue weighted by molar-refractivity contribution is 0.590. The molecular weight excluding hydrogens is 370 g/mol. The molecule has 0 N–H and O–H groups in total. The molecule has 0 radical (unpaired) electrons. The fourth-order valence-electron chi connectivity index (χ4n) is 2.69. The second-order valence-electron chi connectivity index (χ2n) is 7.14. The number of halogens is 1. The zero-order valence-corrected chi connectivity index (χ0v) is 16.4. The van der Waals surface area contributed by atoms with Crippen LogP contribution in [0.3, 0.4) is 0 Å². The van der Waals surface area contributed by atoms with E-state index in [2.05, 4.69) is 103 Å². The van der Waals surface area contributed by atoms with Gasteiger partial charge in [0.25, 0.3) is 0 Å². The molecule has 0 heterocycles. The molecule has 0 bridgehead atoms. The van der Waals surface area contributed by atoms with Crippen LogP contribution in [0.1, 0.15) is 37.5 Å². The lowest BCUT2D eigenvalue weighted by Crippen LogP contribution is -2.10. The summed E-state index contributed by atoms with van der Waals surface area (Å²) in [6.07, 6.45) is 0. The molecule has 0 aromatic heterocycles. The van der Waals surface area contributed by atoms with Gasteiger partial charge in [-0.05, 0) is 29.2 Å². The highest BCUT2D eigenvalue weighted by molar-refractivity contribution is 9.10. The largest absolute Gasteiger partial charge is 0.248 e. The van der Waals surface area contributed by atoms with Gasteiger partial charge in [0.15, 0.2) is 0 Å². The quantitative estimate of drug-likeness (QED) is 0.429. The van der Waals surface area contributed by atoms with Gasteiger partial charge in [-0.25, -0.2) is 4.99 Å². The minimum atomic E-state index is 0.0771. The molecule has 3 aromatic rings. The highest BCUT2D eigenvalue weighted by Gasteiger charge is 2.15. The maximum Gasteiger partial charge on any atom is 0.0781 e. The van der Waals surface area contributed by atoms with E-state index in [1.54, 1.807) is 0 Å². The summed E-state index contributed by atoms with van der Waals surface area (Å²) in [6, 6.07) is 27.1. The molecule has 0 aliphatic carbocycles. The van der Waals surface area contributed by atoms with E-state index in [9.17, 15) is 0 Å². The standard InChI is InChI=1S/C23H22BrN/c1-23(2,3)19-14-20(24)16-21(15-19)25-22(17-10-6-4-7-11-17)18-12-8-5-9-13-18/h4-16H,1-3H3. The van der Waals surface area contributed by atoms with Crippen molar-refractivity contribution >= 4 is 27.3 Å². The molecule has 0 saturated heterocycles. The normalized spacial score (nSPS) is 11.2. The summed E-state index contributed by atoms with van der Waals surface area (Å²) < 4.78 is 1.05. The van der Waals surface area contributed by atoms with Crippen LogP contribution in [0.25, 0.3) is 0 Å². The van der Waals surface area contributed by atoms with Crippen LogP contribution >= 0.6 is 15.9 Å². The highest BCUT2D eigenvalue weighted by Crippen LogP contribution is 2.31. The van der Waals surface area contributed by atoms with Crippen LogP contribution < -0.4 is 0 Å². The molecule has 126 valence electrons. The molecule has 3 aromatic carbocycles. The van der Waals surface area contributed by atoms with Crippen molar-refractivity contribution in [2.45, 2.75) is 26.2 Å². The predicted molar refractivity (Wildman–Crippen MR) is 111 cm³/mol. The maximum atomic E-state index is 5.02. The molecule has 0 unspecified atom stereocenters. The number of benzene rings is 3. The Bertz CT molecular complexity index is 833. The van der Waals surface area contributed by atoms with Crippen LogP contribution in [0, 0.1) is 0 Å². The summed E-state index contributed by atoms with van der Waals surface area (Å²) in [4.78, 5) is 5.02. The fourth-order valence-corrected chi connectivity index (χ4v) is 3.17. The number of hydrogen-bond acceptors (Lipinski definition) is 1. The zero-order chi connectivity index (χ0) is 17.9. The maximum absolute atomic E-state index is 5.02. The van der Waals surface area contributed by atoms with Crippen molar-refractivity contribution in [1.29, 1.82) is 0 Å².